The van der Waals surface area contributed by atoms with E-state index in [1.165, 1.54) is 0 Å². The molecule has 1 aliphatic heterocycles. The molecule has 1 N–H and O–H groups in total. The predicted octanol–water partition coefficient (Wildman–Crippen LogP) is 3.42. The Morgan fingerprint density at radius 1 is 1.25 bits per heavy atom. The largest absolute Gasteiger partial charge is 0.489 e. The lowest BCUT2D eigenvalue weighted by atomic mass is 10.0. The number of fused-ring (bicyclic) bond motifs is 3. The van der Waals surface area contributed by atoms with E-state index in [9.17, 15) is 4.79 Å². The summed E-state index contributed by atoms with van der Waals surface area (Å²) in [6.45, 7) is 1.10. The molecular weight excluding hydrogens is 326 g/mol. The Morgan fingerprint density at radius 3 is 3.00 bits per heavy atom. The van der Waals surface area contributed by atoms with Crippen LogP contribution in [0.25, 0.3) is 11.4 Å². The van der Waals surface area contributed by atoms with Crippen LogP contribution in [0.15, 0.2) is 47.3 Å². The van der Waals surface area contributed by atoms with Gasteiger partial charge in [-0.2, -0.15) is 5.10 Å². The molecule has 0 atom stereocenters. The minimum absolute atomic E-state index is 0.156. The number of nitrogens with one attached hydrogen (secondary N) is 1. The van der Waals surface area contributed by atoms with Crippen LogP contribution in [0.5, 0.6) is 5.75 Å². The Morgan fingerprint density at radius 2 is 2.12 bits per heavy atom. The molecule has 3 aromatic rings. The molecule has 0 fully saturated rings. The summed E-state index contributed by atoms with van der Waals surface area (Å²) in [4.78, 5) is 11.8. The number of benzene rings is 2. The van der Waals surface area contributed by atoms with Gasteiger partial charge in [0.25, 0.3) is 0 Å². The van der Waals surface area contributed by atoms with Crippen molar-refractivity contribution in [2.75, 3.05) is 0 Å². The number of rotatable bonds is 3. The van der Waals surface area contributed by atoms with Gasteiger partial charge in [0.1, 0.15) is 12.4 Å². The summed E-state index contributed by atoms with van der Waals surface area (Å²) in [6.07, 6.45) is 1.79. The molecule has 2 aromatic carbocycles. The molecule has 0 unspecified atom stereocenters. The van der Waals surface area contributed by atoms with Crippen LogP contribution in [0.1, 0.15) is 17.5 Å². The van der Waals surface area contributed by atoms with E-state index in [1.54, 1.807) is 4.57 Å². The highest BCUT2D eigenvalue weighted by molar-refractivity contribution is 6.31. The lowest BCUT2D eigenvalue weighted by Gasteiger charge is -2.11. The Bertz CT molecular complexity index is 945. The summed E-state index contributed by atoms with van der Waals surface area (Å²) in [5.41, 5.74) is 2.92. The SMILES string of the molecule is O=c1[nH]nc2n1CCCc1cc(OCc3ccccc3Cl)ccc1-2. The quantitative estimate of drug-likeness (QED) is 0.794. The van der Waals surface area contributed by atoms with E-state index in [0.717, 1.165) is 35.3 Å². The smallest absolute Gasteiger partial charge is 0.343 e. The lowest BCUT2D eigenvalue weighted by Crippen LogP contribution is -2.16. The van der Waals surface area contributed by atoms with Gasteiger partial charge in [-0.3, -0.25) is 4.57 Å². The lowest BCUT2D eigenvalue weighted by molar-refractivity contribution is 0.306. The summed E-state index contributed by atoms with van der Waals surface area (Å²) < 4.78 is 7.58. The van der Waals surface area contributed by atoms with E-state index in [4.69, 9.17) is 16.3 Å². The van der Waals surface area contributed by atoms with Crippen LogP contribution < -0.4 is 10.4 Å². The van der Waals surface area contributed by atoms with Gasteiger partial charge in [0.2, 0.25) is 0 Å². The Hall–Kier alpha value is -2.53. The highest BCUT2D eigenvalue weighted by atomic mass is 35.5. The van der Waals surface area contributed by atoms with Crippen LogP contribution in [0.2, 0.25) is 5.02 Å². The van der Waals surface area contributed by atoms with Crippen molar-refractivity contribution in [3.05, 3.63) is 69.1 Å². The number of aryl methyl sites for hydroxylation is 1. The summed E-state index contributed by atoms with van der Waals surface area (Å²) in [5.74, 6) is 1.49. The van der Waals surface area contributed by atoms with Crippen LogP contribution in [-0.4, -0.2) is 14.8 Å². The first-order valence-corrected chi connectivity index (χ1v) is 8.25. The third-order valence-electron chi connectivity index (χ3n) is 4.26. The number of hydrogen-bond acceptors (Lipinski definition) is 3. The van der Waals surface area contributed by atoms with Crippen molar-refractivity contribution in [2.45, 2.75) is 26.0 Å². The fourth-order valence-corrected chi connectivity index (χ4v) is 3.21. The molecule has 0 aliphatic carbocycles. The van der Waals surface area contributed by atoms with E-state index < -0.39 is 0 Å². The molecule has 0 bridgehead atoms. The summed E-state index contributed by atoms with van der Waals surface area (Å²) in [6, 6.07) is 13.6. The molecule has 0 radical (unpaired) electrons. The summed E-state index contributed by atoms with van der Waals surface area (Å²) >= 11 is 6.16. The maximum atomic E-state index is 11.8. The van der Waals surface area contributed by atoms with Crippen molar-refractivity contribution in [3.63, 3.8) is 0 Å². The van der Waals surface area contributed by atoms with Crippen molar-refractivity contribution in [2.24, 2.45) is 0 Å². The van der Waals surface area contributed by atoms with Crippen molar-refractivity contribution < 1.29 is 4.74 Å². The van der Waals surface area contributed by atoms with Crippen molar-refractivity contribution >= 4 is 11.6 Å². The van der Waals surface area contributed by atoms with Crippen molar-refractivity contribution in [1.82, 2.24) is 14.8 Å². The molecule has 0 spiro atoms. The number of aromatic amines is 1. The van der Waals surface area contributed by atoms with Crippen molar-refractivity contribution in [3.8, 4) is 17.1 Å². The molecule has 0 saturated carbocycles. The van der Waals surface area contributed by atoms with Gasteiger partial charge >= 0.3 is 5.69 Å². The average molecular weight is 342 g/mol. The molecule has 24 heavy (non-hydrogen) atoms. The fraction of sp³-hybridized carbons (Fsp3) is 0.222. The maximum absolute atomic E-state index is 11.8. The number of ether oxygens (including phenoxy) is 1. The van der Waals surface area contributed by atoms with E-state index in [0.29, 0.717) is 24.0 Å². The van der Waals surface area contributed by atoms with Gasteiger partial charge in [-0.05, 0) is 42.7 Å². The summed E-state index contributed by atoms with van der Waals surface area (Å²) in [7, 11) is 0. The minimum atomic E-state index is -0.156. The number of nitrogens with zero attached hydrogens (tertiary/aromatic N) is 2. The van der Waals surface area contributed by atoms with Gasteiger partial charge in [0.05, 0.1) is 0 Å². The molecule has 0 saturated heterocycles. The summed E-state index contributed by atoms with van der Waals surface area (Å²) in [5, 5.41) is 7.39. The normalized spacial score (nSPS) is 13.0. The minimum Gasteiger partial charge on any atom is -0.489 e. The highest BCUT2D eigenvalue weighted by Crippen LogP contribution is 2.29. The molecular formula is C18H16ClN3O2. The second-order valence-electron chi connectivity index (χ2n) is 5.81. The zero-order valence-corrected chi connectivity index (χ0v) is 13.7. The van der Waals surface area contributed by atoms with Crippen LogP contribution in [0.4, 0.5) is 0 Å². The Kier molecular flexibility index (Phi) is 3.86. The molecule has 4 rings (SSSR count). The standard InChI is InChI=1S/C18H16ClN3O2/c19-16-6-2-1-4-13(16)11-24-14-7-8-15-12(10-14)5-3-9-22-17(15)20-21-18(22)23/h1-2,4,6-8,10H,3,5,9,11H2,(H,21,23). The van der Waals surface area contributed by atoms with Gasteiger partial charge in [0.15, 0.2) is 5.82 Å². The van der Waals surface area contributed by atoms with Crippen LogP contribution in [-0.2, 0) is 19.6 Å². The van der Waals surface area contributed by atoms with Crippen LogP contribution in [0.3, 0.4) is 0 Å². The van der Waals surface area contributed by atoms with E-state index in [-0.39, 0.29) is 5.69 Å². The first-order chi connectivity index (χ1) is 11.7. The average Bonchev–Trinajstić information content (AvgIpc) is 2.85. The third kappa shape index (κ3) is 2.71. The molecule has 1 aliphatic rings. The van der Waals surface area contributed by atoms with E-state index in [1.807, 2.05) is 42.5 Å². The number of aromatic nitrogens is 3. The Labute approximate surface area is 143 Å². The first kappa shape index (κ1) is 15.0. The molecule has 1 aromatic heterocycles. The maximum Gasteiger partial charge on any atom is 0.343 e. The van der Waals surface area contributed by atoms with E-state index >= 15 is 0 Å². The molecule has 122 valence electrons. The van der Waals surface area contributed by atoms with Gasteiger partial charge in [0, 0.05) is 22.7 Å². The van der Waals surface area contributed by atoms with Crippen molar-refractivity contribution in [1.29, 1.82) is 0 Å². The Balaban J connectivity index is 1.61. The van der Waals surface area contributed by atoms with Crippen LogP contribution >= 0.6 is 11.6 Å². The zero-order chi connectivity index (χ0) is 16.5. The molecule has 5 nitrogen and oxygen atoms in total. The monoisotopic (exact) mass is 341 g/mol. The van der Waals surface area contributed by atoms with Gasteiger partial charge in [-0.15, -0.1) is 0 Å². The van der Waals surface area contributed by atoms with E-state index in [2.05, 4.69) is 10.2 Å². The van der Waals surface area contributed by atoms with Crippen LogP contribution in [0, 0.1) is 0 Å². The highest BCUT2D eigenvalue weighted by Gasteiger charge is 2.18. The number of halogens is 1. The first-order valence-electron chi connectivity index (χ1n) is 7.87. The van der Waals surface area contributed by atoms with Gasteiger partial charge in [-0.25, -0.2) is 9.89 Å². The van der Waals surface area contributed by atoms with Gasteiger partial charge < -0.3 is 4.74 Å². The third-order valence-corrected chi connectivity index (χ3v) is 4.62. The number of H-pyrrole nitrogens is 1. The fourth-order valence-electron chi connectivity index (χ4n) is 3.02. The van der Waals surface area contributed by atoms with Gasteiger partial charge in [-0.1, -0.05) is 29.8 Å². The molecule has 2 heterocycles. The second kappa shape index (κ2) is 6.17. The second-order valence-corrected chi connectivity index (χ2v) is 6.21. The topological polar surface area (TPSA) is 59.9 Å². The zero-order valence-electron chi connectivity index (χ0n) is 13.0. The molecule has 6 heteroatoms. The number of hydrogen-bond donors (Lipinski definition) is 1. The molecule has 0 amide bonds. The predicted molar refractivity (Wildman–Crippen MR) is 92.4 cm³/mol.